The molecule has 106 valence electrons. The molecule has 0 radical (unpaired) electrons. The van der Waals surface area contributed by atoms with Crippen molar-refractivity contribution in [3.8, 4) is 22.9 Å². The van der Waals surface area contributed by atoms with Crippen LogP contribution in [0.2, 0.25) is 0 Å². The molecule has 3 rings (SSSR count). The van der Waals surface area contributed by atoms with Gasteiger partial charge in [-0.2, -0.15) is 16.7 Å². The van der Waals surface area contributed by atoms with E-state index in [1.807, 2.05) is 11.8 Å². The van der Waals surface area contributed by atoms with Crippen LogP contribution in [0.1, 0.15) is 11.9 Å². The van der Waals surface area contributed by atoms with Crippen molar-refractivity contribution in [3.63, 3.8) is 0 Å². The molecule has 2 aromatic rings. The van der Waals surface area contributed by atoms with Gasteiger partial charge in [0.2, 0.25) is 11.7 Å². The van der Waals surface area contributed by atoms with E-state index in [0.29, 0.717) is 17.5 Å². The van der Waals surface area contributed by atoms with Crippen LogP contribution in [0.25, 0.3) is 11.4 Å². The van der Waals surface area contributed by atoms with E-state index in [0.717, 1.165) is 23.6 Å². The number of thioether (sulfide) groups is 1. The molecule has 1 saturated heterocycles. The number of rotatable bonds is 3. The summed E-state index contributed by atoms with van der Waals surface area (Å²) in [6.45, 7) is 0.945. The Kier molecular flexibility index (Phi) is 3.79. The largest absolute Gasteiger partial charge is 0.504 e. The van der Waals surface area contributed by atoms with Gasteiger partial charge in [-0.25, -0.2) is 0 Å². The number of benzene rings is 1. The van der Waals surface area contributed by atoms with Crippen molar-refractivity contribution in [2.75, 3.05) is 25.2 Å². The van der Waals surface area contributed by atoms with E-state index in [1.54, 1.807) is 18.2 Å². The summed E-state index contributed by atoms with van der Waals surface area (Å²) in [5.74, 6) is 3.60. The highest BCUT2D eigenvalue weighted by atomic mass is 32.2. The minimum absolute atomic E-state index is 0.0883. The summed E-state index contributed by atoms with van der Waals surface area (Å²) in [5, 5.41) is 16.9. The van der Waals surface area contributed by atoms with Gasteiger partial charge in [-0.3, -0.25) is 0 Å². The lowest BCUT2D eigenvalue weighted by Gasteiger charge is -2.19. The van der Waals surface area contributed by atoms with Crippen LogP contribution in [0.5, 0.6) is 11.5 Å². The minimum atomic E-state index is 0.0883. The molecule has 0 saturated carbocycles. The maximum atomic E-state index is 9.59. The number of ether oxygens (including phenoxy) is 1. The molecule has 1 aliphatic rings. The third-order valence-electron chi connectivity index (χ3n) is 3.10. The molecule has 1 aromatic carbocycles. The molecule has 0 spiro atoms. The Labute approximate surface area is 120 Å². The maximum Gasteiger partial charge on any atom is 0.244 e. The smallest absolute Gasteiger partial charge is 0.244 e. The molecule has 2 heterocycles. The van der Waals surface area contributed by atoms with Gasteiger partial charge in [-0.05, 0) is 18.2 Å². The number of nitrogens with zero attached hydrogens (tertiary/aromatic N) is 2. The fourth-order valence-electron chi connectivity index (χ4n) is 2.03. The summed E-state index contributed by atoms with van der Waals surface area (Å²) in [7, 11) is 1.50. The van der Waals surface area contributed by atoms with Gasteiger partial charge < -0.3 is 19.7 Å². The summed E-state index contributed by atoms with van der Waals surface area (Å²) in [6.07, 6.45) is 0. The first kappa shape index (κ1) is 13.3. The lowest BCUT2D eigenvalue weighted by molar-refractivity contribution is 0.342. The number of aromatic hydroxyl groups is 1. The molecule has 0 amide bonds. The van der Waals surface area contributed by atoms with Gasteiger partial charge >= 0.3 is 0 Å². The van der Waals surface area contributed by atoms with Crippen LogP contribution < -0.4 is 10.1 Å². The Bertz CT molecular complexity index is 596. The summed E-state index contributed by atoms with van der Waals surface area (Å²) in [6, 6.07) is 5.08. The number of phenolic OH excluding ortho intramolecular Hbond substituents is 1. The van der Waals surface area contributed by atoms with Crippen LogP contribution in [-0.2, 0) is 0 Å². The molecular formula is C13H15N3O3S. The van der Waals surface area contributed by atoms with Crippen molar-refractivity contribution in [2.24, 2.45) is 0 Å². The second-order valence-electron chi connectivity index (χ2n) is 4.42. The zero-order chi connectivity index (χ0) is 13.9. The number of nitrogens with one attached hydrogen (secondary N) is 1. The van der Waals surface area contributed by atoms with E-state index in [1.165, 1.54) is 7.11 Å². The Hall–Kier alpha value is -1.73. The van der Waals surface area contributed by atoms with Crippen molar-refractivity contribution >= 4 is 11.8 Å². The highest BCUT2D eigenvalue weighted by Crippen LogP contribution is 2.31. The van der Waals surface area contributed by atoms with Gasteiger partial charge in [0.1, 0.15) is 0 Å². The van der Waals surface area contributed by atoms with E-state index >= 15 is 0 Å². The van der Waals surface area contributed by atoms with Crippen molar-refractivity contribution < 1.29 is 14.4 Å². The Balaban J connectivity index is 1.85. The average Bonchev–Trinajstić information content (AvgIpc) is 2.98. The Morgan fingerprint density at radius 2 is 2.40 bits per heavy atom. The van der Waals surface area contributed by atoms with Gasteiger partial charge in [0.25, 0.3) is 0 Å². The normalized spacial score (nSPS) is 18.9. The molecule has 7 heteroatoms. The number of phenols is 1. The lowest BCUT2D eigenvalue weighted by atomic mass is 10.2. The Morgan fingerprint density at radius 1 is 1.50 bits per heavy atom. The standard InChI is InChI=1S/C13H15N3O3S/c1-18-11-6-8(2-3-10(11)17)12-15-13(19-16-12)9-7-20-5-4-14-9/h2-3,6,9,14,17H,4-5,7H2,1H3. The molecule has 2 N–H and O–H groups in total. The maximum absolute atomic E-state index is 9.59. The van der Waals surface area contributed by atoms with Crippen LogP contribution in [0.4, 0.5) is 0 Å². The predicted molar refractivity (Wildman–Crippen MR) is 76.0 cm³/mol. The van der Waals surface area contributed by atoms with E-state index in [-0.39, 0.29) is 11.8 Å². The van der Waals surface area contributed by atoms with Crippen LogP contribution in [-0.4, -0.2) is 40.4 Å². The number of hydrogen-bond donors (Lipinski definition) is 2. The zero-order valence-electron chi connectivity index (χ0n) is 11.0. The molecule has 1 atom stereocenters. The quantitative estimate of drug-likeness (QED) is 0.893. The van der Waals surface area contributed by atoms with Gasteiger partial charge in [-0.15, -0.1) is 0 Å². The Morgan fingerprint density at radius 3 is 3.15 bits per heavy atom. The zero-order valence-corrected chi connectivity index (χ0v) is 11.8. The van der Waals surface area contributed by atoms with E-state index in [9.17, 15) is 5.11 Å². The van der Waals surface area contributed by atoms with E-state index in [2.05, 4.69) is 15.5 Å². The number of methoxy groups -OCH3 is 1. The van der Waals surface area contributed by atoms with E-state index in [4.69, 9.17) is 9.26 Å². The summed E-state index contributed by atoms with van der Waals surface area (Å²) in [4.78, 5) is 4.42. The van der Waals surface area contributed by atoms with Crippen LogP contribution in [0.15, 0.2) is 22.7 Å². The molecule has 1 aromatic heterocycles. The van der Waals surface area contributed by atoms with Gasteiger partial charge in [0.15, 0.2) is 11.5 Å². The first-order valence-electron chi connectivity index (χ1n) is 6.30. The van der Waals surface area contributed by atoms with Gasteiger partial charge in [0.05, 0.1) is 13.2 Å². The SMILES string of the molecule is COc1cc(-c2noc(C3CSCCN3)n2)ccc1O. The third kappa shape index (κ3) is 2.59. The highest BCUT2D eigenvalue weighted by Gasteiger charge is 2.22. The van der Waals surface area contributed by atoms with Crippen molar-refractivity contribution in [3.05, 3.63) is 24.1 Å². The molecule has 6 nitrogen and oxygen atoms in total. The molecule has 1 fully saturated rings. The minimum Gasteiger partial charge on any atom is -0.504 e. The first-order valence-corrected chi connectivity index (χ1v) is 7.45. The van der Waals surface area contributed by atoms with Crippen molar-refractivity contribution in [2.45, 2.75) is 6.04 Å². The summed E-state index contributed by atoms with van der Waals surface area (Å²) >= 11 is 1.87. The third-order valence-corrected chi connectivity index (χ3v) is 4.16. The van der Waals surface area contributed by atoms with Crippen LogP contribution in [0.3, 0.4) is 0 Å². The molecule has 1 unspecified atom stereocenters. The van der Waals surface area contributed by atoms with Gasteiger partial charge in [0, 0.05) is 23.6 Å². The number of hydrogen-bond acceptors (Lipinski definition) is 7. The second kappa shape index (κ2) is 5.72. The first-order chi connectivity index (χ1) is 9.78. The van der Waals surface area contributed by atoms with Crippen LogP contribution >= 0.6 is 11.8 Å². The molecule has 20 heavy (non-hydrogen) atoms. The summed E-state index contributed by atoms with van der Waals surface area (Å²) in [5.41, 5.74) is 0.748. The predicted octanol–water partition coefficient (Wildman–Crippen LogP) is 1.83. The van der Waals surface area contributed by atoms with Crippen molar-refractivity contribution in [1.82, 2.24) is 15.5 Å². The second-order valence-corrected chi connectivity index (χ2v) is 5.57. The summed E-state index contributed by atoms with van der Waals surface area (Å²) < 4.78 is 10.4. The fourth-order valence-corrected chi connectivity index (χ4v) is 2.96. The monoisotopic (exact) mass is 293 g/mol. The average molecular weight is 293 g/mol. The molecule has 0 bridgehead atoms. The van der Waals surface area contributed by atoms with Crippen LogP contribution in [0, 0.1) is 0 Å². The molecular weight excluding hydrogens is 278 g/mol. The molecule has 0 aliphatic carbocycles. The van der Waals surface area contributed by atoms with Gasteiger partial charge in [-0.1, -0.05) is 5.16 Å². The number of aromatic nitrogens is 2. The van der Waals surface area contributed by atoms with E-state index < -0.39 is 0 Å². The topological polar surface area (TPSA) is 80.4 Å². The fraction of sp³-hybridized carbons (Fsp3) is 0.385. The lowest BCUT2D eigenvalue weighted by Crippen LogP contribution is -2.30. The van der Waals surface area contributed by atoms with Crippen molar-refractivity contribution in [1.29, 1.82) is 0 Å². The molecule has 1 aliphatic heterocycles. The highest BCUT2D eigenvalue weighted by molar-refractivity contribution is 7.99.